The molecule has 2 saturated carbocycles. The standard InChI is InChI=1S/C17H21ClINO/c18-15-6-5-13(19)9-14(15)16(21)20-11-17-7-1-3-12(10-17)4-2-8-17/h5-6,9,12H,1-4,7-8,10-11H2,(H,20,21). The highest BCUT2D eigenvalue weighted by Crippen LogP contribution is 2.48. The van der Waals surface area contributed by atoms with Gasteiger partial charge in [0.25, 0.3) is 5.91 Å². The molecule has 0 aromatic heterocycles. The second kappa shape index (κ2) is 6.45. The molecule has 2 aliphatic carbocycles. The van der Waals surface area contributed by atoms with Crippen LogP contribution in [0.3, 0.4) is 0 Å². The molecule has 4 heteroatoms. The summed E-state index contributed by atoms with van der Waals surface area (Å²) in [6.07, 6.45) is 9.26. The highest BCUT2D eigenvalue weighted by Gasteiger charge is 2.39. The van der Waals surface area contributed by atoms with Crippen molar-refractivity contribution < 1.29 is 4.79 Å². The number of benzene rings is 1. The van der Waals surface area contributed by atoms with E-state index in [4.69, 9.17) is 11.6 Å². The van der Waals surface area contributed by atoms with E-state index in [0.717, 1.165) is 16.0 Å². The number of carbonyl (C=O) groups excluding carboxylic acids is 1. The van der Waals surface area contributed by atoms with E-state index in [-0.39, 0.29) is 5.91 Å². The molecule has 3 rings (SSSR count). The number of carbonyl (C=O) groups is 1. The van der Waals surface area contributed by atoms with E-state index in [1.165, 1.54) is 44.9 Å². The zero-order valence-corrected chi connectivity index (χ0v) is 15.0. The van der Waals surface area contributed by atoms with Crippen molar-refractivity contribution in [1.82, 2.24) is 5.32 Å². The summed E-state index contributed by atoms with van der Waals surface area (Å²) in [6.45, 7) is 0.810. The molecule has 2 bridgehead atoms. The number of halogens is 2. The lowest BCUT2D eigenvalue weighted by atomic mass is 9.62. The predicted molar refractivity (Wildman–Crippen MR) is 94.7 cm³/mol. The van der Waals surface area contributed by atoms with Crippen molar-refractivity contribution in [3.05, 3.63) is 32.4 Å². The van der Waals surface area contributed by atoms with Gasteiger partial charge in [0.15, 0.2) is 0 Å². The maximum absolute atomic E-state index is 12.4. The minimum Gasteiger partial charge on any atom is -0.351 e. The van der Waals surface area contributed by atoms with E-state index in [1.54, 1.807) is 6.07 Å². The number of rotatable bonds is 3. The zero-order chi connectivity index (χ0) is 14.9. The van der Waals surface area contributed by atoms with Crippen molar-refractivity contribution in [2.45, 2.75) is 44.9 Å². The van der Waals surface area contributed by atoms with Gasteiger partial charge in [-0.2, -0.15) is 0 Å². The van der Waals surface area contributed by atoms with Crippen LogP contribution in [0, 0.1) is 14.9 Å². The average Bonchev–Trinajstić information content (AvgIpc) is 2.47. The monoisotopic (exact) mass is 417 g/mol. The first kappa shape index (κ1) is 15.6. The maximum atomic E-state index is 12.4. The van der Waals surface area contributed by atoms with Crippen LogP contribution in [0.15, 0.2) is 18.2 Å². The van der Waals surface area contributed by atoms with Crippen molar-refractivity contribution in [1.29, 1.82) is 0 Å². The van der Waals surface area contributed by atoms with Crippen LogP contribution < -0.4 is 5.32 Å². The van der Waals surface area contributed by atoms with Gasteiger partial charge in [-0.1, -0.05) is 37.3 Å². The molecule has 1 aromatic carbocycles. The largest absolute Gasteiger partial charge is 0.351 e. The molecular weight excluding hydrogens is 397 g/mol. The van der Waals surface area contributed by atoms with Crippen LogP contribution in [0.2, 0.25) is 5.02 Å². The molecule has 1 amide bonds. The third-order valence-corrected chi connectivity index (χ3v) is 6.16. The summed E-state index contributed by atoms with van der Waals surface area (Å²) in [6, 6.07) is 5.58. The van der Waals surface area contributed by atoms with Gasteiger partial charge >= 0.3 is 0 Å². The van der Waals surface area contributed by atoms with Crippen LogP contribution in [0.4, 0.5) is 0 Å². The van der Waals surface area contributed by atoms with Crippen molar-refractivity contribution in [2.75, 3.05) is 6.54 Å². The Balaban J connectivity index is 1.66. The van der Waals surface area contributed by atoms with Gasteiger partial charge in [0, 0.05) is 10.1 Å². The SMILES string of the molecule is O=C(NCC12CCCC(CCC1)C2)c1cc(I)ccc1Cl. The first-order valence-electron chi connectivity index (χ1n) is 7.81. The van der Waals surface area contributed by atoms with Crippen molar-refractivity contribution in [3.8, 4) is 0 Å². The number of hydrogen-bond donors (Lipinski definition) is 1. The summed E-state index contributed by atoms with van der Waals surface area (Å²) in [7, 11) is 0. The summed E-state index contributed by atoms with van der Waals surface area (Å²) in [4.78, 5) is 12.4. The highest BCUT2D eigenvalue weighted by atomic mass is 127. The van der Waals surface area contributed by atoms with Gasteiger partial charge in [-0.25, -0.2) is 0 Å². The molecule has 21 heavy (non-hydrogen) atoms. The molecule has 2 fully saturated rings. The third-order valence-electron chi connectivity index (χ3n) is 5.16. The normalized spacial score (nSPS) is 28.2. The van der Waals surface area contributed by atoms with Crippen LogP contribution >= 0.6 is 34.2 Å². The van der Waals surface area contributed by atoms with Gasteiger partial charge < -0.3 is 5.32 Å². The second-order valence-electron chi connectivity index (χ2n) is 6.66. The Morgan fingerprint density at radius 1 is 1.33 bits per heavy atom. The predicted octanol–water partition coefficient (Wildman–Crippen LogP) is 5.03. The van der Waals surface area contributed by atoms with Crippen LogP contribution in [0.25, 0.3) is 0 Å². The number of amides is 1. The molecule has 2 nitrogen and oxygen atoms in total. The summed E-state index contributed by atoms with van der Waals surface area (Å²) >= 11 is 8.36. The van der Waals surface area contributed by atoms with Gasteiger partial charge in [0.05, 0.1) is 10.6 Å². The smallest absolute Gasteiger partial charge is 0.252 e. The van der Waals surface area contributed by atoms with E-state index in [2.05, 4.69) is 27.9 Å². The summed E-state index contributed by atoms with van der Waals surface area (Å²) in [5, 5.41) is 3.69. The lowest BCUT2D eigenvalue weighted by Gasteiger charge is -2.45. The molecule has 1 aromatic rings. The van der Waals surface area contributed by atoms with Crippen LogP contribution in [0.5, 0.6) is 0 Å². The van der Waals surface area contributed by atoms with Gasteiger partial charge in [0.2, 0.25) is 0 Å². The lowest BCUT2D eigenvalue weighted by molar-refractivity contribution is 0.0682. The quantitative estimate of drug-likeness (QED) is 0.686. The average molecular weight is 418 g/mol. The fourth-order valence-electron chi connectivity index (χ4n) is 4.10. The highest BCUT2D eigenvalue weighted by molar-refractivity contribution is 14.1. The fourth-order valence-corrected chi connectivity index (χ4v) is 4.80. The van der Waals surface area contributed by atoms with Crippen LogP contribution in [0.1, 0.15) is 55.3 Å². The molecule has 0 heterocycles. The van der Waals surface area contributed by atoms with Crippen molar-refractivity contribution in [3.63, 3.8) is 0 Å². The number of nitrogens with one attached hydrogen (secondary N) is 1. The molecular formula is C17H21ClINO. The van der Waals surface area contributed by atoms with Crippen molar-refractivity contribution >= 4 is 40.1 Å². The first-order valence-corrected chi connectivity index (χ1v) is 9.27. The Bertz CT molecular complexity index is 536. The molecule has 0 unspecified atom stereocenters. The molecule has 114 valence electrons. The lowest BCUT2D eigenvalue weighted by Crippen LogP contribution is -2.43. The van der Waals surface area contributed by atoms with E-state index >= 15 is 0 Å². The number of fused-ring (bicyclic) bond motifs is 2. The third kappa shape index (κ3) is 3.55. The van der Waals surface area contributed by atoms with Gasteiger partial charge in [-0.05, 0) is 71.4 Å². The molecule has 0 aliphatic heterocycles. The molecule has 0 spiro atoms. The number of hydrogen-bond acceptors (Lipinski definition) is 1. The Labute approximate surface area is 145 Å². The molecule has 0 atom stereocenters. The summed E-state index contributed by atoms with van der Waals surface area (Å²) in [5.41, 5.74) is 0.953. The van der Waals surface area contributed by atoms with E-state index < -0.39 is 0 Å². The van der Waals surface area contributed by atoms with Gasteiger partial charge in [-0.3, -0.25) is 4.79 Å². The Kier molecular flexibility index (Phi) is 4.79. The molecule has 1 N–H and O–H groups in total. The van der Waals surface area contributed by atoms with E-state index in [9.17, 15) is 4.79 Å². The first-order chi connectivity index (χ1) is 10.1. The van der Waals surface area contributed by atoms with E-state index in [0.29, 0.717) is 16.0 Å². The minimum absolute atomic E-state index is 0.0272. The van der Waals surface area contributed by atoms with Gasteiger partial charge in [0.1, 0.15) is 0 Å². The molecule has 2 aliphatic rings. The second-order valence-corrected chi connectivity index (χ2v) is 8.31. The fraction of sp³-hybridized carbons (Fsp3) is 0.588. The van der Waals surface area contributed by atoms with Crippen LogP contribution in [-0.2, 0) is 0 Å². The Morgan fingerprint density at radius 2 is 2.05 bits per heavy atom. The van der Waals surface area contributed by atoms with E-state index in [1.807, 2.05) is 12.1 Å². The molecule has 0 radical (unpaired) electrons. The topological polar surface area (TPSA) is 29.1 Å². The van der Waals surface area contributed by atoms with Crippen molar-refractivity contribution in [2.24, 2.45) is 11.3 Å². The minimum atomic E-state index is -0.0272. The summed E-state index contributed by atoms with van der Waals surface area (Å²) in [5.74, 6) is 0.867. The Morgan fingerprint density at radius 3 is 2.76 bits per heavy atom. The zero-order valence-electron chi connectivity index (χ0n) is 12.1. The van der Waals surface area contributed by atoms with Gasteiger partial charge in [-0.15, -0.1) is 0 Å². The van der Waals surface area contributed by atoms with Crippen LogP contribution in [-0.4, -0.2) is 12.5 Å². The maximum Gasteiger partial charge on any atom is 0.252 e. The Hall–Kier alpha value is -0.290. The summed E-state index contributed by atoms with van der Waals surface area (Å²) < 4.78 is 1.04. The molecule has 0 saturated heterocycles.